The van der Waals surface area contributed by atoms with Gasteiger partial charge < -0.3 is 14.7 Å². The molecular formula is C12H20N4O. The van der Waals surface area contributed by atoms with Crippen molar-refractivity contribution in [2.75, 3.05) is 39.9 Å². The predicted molar refractivity (Wildman–Crippen MR) is 67.6 cm³/mol. The lowest BCUT2D eigenvalue weighted by molar-refractivity contribution is -0.130. The van der Waals surface area contributed by atoms with Crippen LogP contribution in [0.25, 0.3) is 0 Å². The number of rotatable bonds is 0. The molecule has 0 aliphatic carbocycles. The molecule has 2 heterocycles. The van der Waals surface area contributed by atoms with E-state index in [0.717, 1.165) is 38.7 Å². The number of allylic oxidation sites excluding steroid dienone is 1. The molecule has 0 bridgehead atoms. The van der Waals surface area contributed by atoms with Gasteiger partial charge in [-0.15, -0.1) is 0 Å². The topological polar surface area (TPSA) is 39.2 Å². The quantitative estimate of drug-likeness (QED) is 0.609. The molecule has 2 aliphatic heterocycles. The highest BCUT2D eigenvalue weighted by Gasteiger charge is 2.21. The van der Waals surface area contributed by atoms with E-state index < -0.39 is 0 Å². The smallest absolute Gasteiger partial charge is 0.219 e. The Morgan fingerprint density at radius 1 is 1.29 bits per heavy atom. The number of hydrogen-bond donors (Lipinski definition) is 0. The maximum atomic E-state index is 11.2. The number of nitrogens with zero attached hydrogens (tertiary/aromatic N) is 4. The Balaban J connectivity index is 1.96. The average Bonchev–Trinajstić information content (AvgIpc) is 2.33. The third-order valence-electron chi connectivity index (χ3n) is 3.43. The summed E-state index contributed by atoms with van der Waals surface area (Å²) in [4.78, 5) is 22.1. The van der Waals surface area contributed by atoms with Crippen molar-refractivity contribution in [1.29, 1.82) is 0 Å². The Kier molecular flexibility index (Phi) is 3.36. The second-order valence-electron chi connectivity index (χ2n) is 4.63. The van der Waals surface area contributed by atoms with Gasteiger partial charge in [-0.1, -0.05) is 0 Å². The van der Waals surface area contributed by atoms with Crippen molar-refractivity contribution < 1.29 is 4.79 Å². The minimum Gasteiger partial charge on any atom is -0.359 e. The second kappa shape index (κ2) is 4.77. The van der Waals surface area contributed by atoms with Gasteiger partial charge in [-0.25, -0.2) is 4.99 Å². The molecule has 2 rings (SSSR count). The summed E-state index contributed by atoms with van der Waals surface area (Å²) in [5.41, 5.74) is 1.24. The van der Waals surface area contributed by atoms with Gasteiger partial charge in [0.25, 0.3) is 0 Å². The molecule has 5 heteroatoms. The van der Waals surface area contributed by atoms with Gasteiger partial charge in [-0.05, 0) is 13.0 Å². The fraction of sp³-hybridized carbons (Fsp3) is 0.667. The van der Waals surface area contributed by atoms with E-state index in [1.807, 2.05) is 11.9 Å². The molecule has 17 heavy (non-hydrogen) atoms. The van der Waals surface area contributed by atoms with E-state index in [4.69, 9.17) is 0 Å². The number of carbonyl (C=O) groups excluding carboxylic acids is 1. The first-order chi connectivity index (χ1) is 8.08. The van der Waals surface area contributed by atoms with Crippen molar-refractivity contribution in [3.8, 4) is 0 Å². The largest absolute Gasteiger partial charge is 0.359 e. The summed E-state index contributed by atoms with van der Waals surface area (Å²) in [5.74, 6) is 1.23. The zero-order valence-electron chi connectivity index (χ0n) is 10.8. The van der Waals surface area contributed by atoms with Gasteiger partial charge in [0.1, 0.15) is 12.5 Å². The summed E-state index contributed by atoms with van der Waals surface area (Å²) >= 11 is 0. The molecule has 2 aliphatic rings. The fourth-order valence-corrected chi connectivity index (χ4v) is 2.07. The van der Waals surface area contributed by atoms with Crippen molar-refractivity contribution in [2.45, 2.75) is 13.8 Å². The van der Waals surface area contributed by atoms with Crippen molar-refractivity contribution in [3.63, 3.8) is 0 Å². The van der Waals surface area contributed by atoms with E-state index in [1.165, 1.54) is 5.70 Å². The molecule has 0 aromatic carbocycles. The van der Waals surface area contributed by atoms with Crippen LogP contribution < -0.4 is 0 Å². The van der Waals surface area contributed by atoms with E-state index in [2.05, 4.69) is 27.8 Å². The number of aliphatic imine (C=N–C) groups is 1. The van der Waals surface area contributed by atoms with Gasteiger partial charge in [-0.3, -0.25) is 4.79 Å². The van der Waals surface area contributed by atoms with Crippen molar-refractivity contribution >= 4 is 11.7 Å². The number of amidine groups is 1. The summed E-state index contributed by atoms with van der Waals surface area (Å²) < 4.78 is 0. The van der Waals surface area contributed by atoms with Gasteiger partial charge >= 0.3 is 0 Å². The second-order valence-corrected chi connectivity index (χ2v) is 4.63. The Bertz CT molecular complexity index is 367. The molecular weight excluding hydrogens is 216 g/mol. The lowest BCUT2D eigenvalue weighted by atomic mass is 10.2. The minimum atomic E-state index is 0.168. The lowest BCUT2D eigenvalue weighted by Gasteiger charge is -2.37. The van der Waals surface area contributed by atoms with Crippen LogP contribution in [0.1, 0.15) is 13.8 Å². The normalized spacial score (nSPS) is 21.2. The Morgan fingerprint density at radius 3 is 2.47 bits per heavy atom. The highest BCUT2D eigenvalue weighted by molar-refractivity contribution is 5.94. The standard InChI is InChI=1S/C12H20N4O/c1-10-8-12(13-9-14(10)3)16-6-4-15(5-7-16)11(2)17/h8H,4-7,9H2,1-3H3. The Labute approximate surface area is 102 Å². The molecule has 0 unspecified atom stereocenters. The van der Waals surface area contributed by atoms with Crippen LogP contribution in [0.15, 0.2) is 16.8 Å². The summed E-state index contributed by atoms with van der Waals surface area (Å²) in [6.07, 6.45) is 2.12. The highest BCUT2D eigenvalue weighted by Crippen LogP contribution is 2.11. The fourth-order valence-electron chi connectivity index (χ4n) is 2.07. The summed E-state index contributed by atoms with van der Waals surface area (Å²) in [6.45, 7) is 7.82. The van der Waals surface area contributed by atoms with E-state index >= 15 is 0 Å². The van der Waals surface area contributed by atoms with Crippen LogP contribution in [0.5, 0.6) is 0 Å². The molecule has 1 amide bonds. The number of carbonyl (C=O) groups is 1. The van der Waals surface area contributed by atoms with Crippen LogP contribution in [-0.2, 0) is 4.79 Å². The molecule has 0 N–H and O–H groups in total. The molecule has 0 radical (unpaired) electrons. The van der Waals surface area contributed by atoms with Crippen molar-refractivity contribution in [1.82, 2.24) is 14.7 Å². The van der Waals surface area contributed by atoms with Crippen molar-refractivity contribution in [3.05, 3.63) is 11.8 Å². The zero-order chi connectivity index (χ0) is 12.4. The molecule has 1 fully saturated rings. The molecule has 0 spiro atoms. The Hall–Kier alpha value is -1.52. The Morgan fingerprint density at radius 2 is 1.94 bits per heavy atom. The van der Waals surface area contributed by atoms with Crippen molar-refractivity contribution in [2.24, 2.45) is 4.99 Å². The zero-order valence-corrected chi connectivity index (χ0v) is 10.8. The summed E-state index contributed by atoms with van der Waals surface area (Å²) in [7, 11) is 2.04. The van der Waals surface area contributed by atoms with E-state index in [9.17, 15) is 4.79 Å². The maximum Gasteiger partial charge on any atom is 0.219 e. The van der Waals surface area contributed by atoms with Gasteiger partial charge in [0, 0.05) is 45.8 Å². The molecule has 94 valence electrons. The van der Waals surface area contributed by atoms with Gasteiger partial charge in [0.15, 0.2) is 0 Å². The van der Waals surface area contributed by atoms with Gasteiger partial charge in [0.05, 0.1) is 0 Å². The molecule has 0 saturated carbocycles. The van der Waals surface area contributed by atoms with Crippen LogP contribution in [0.3, 0.4) is 0 Å². The number of amides is 1. The van der Waals surface area contributed by atoms with E-state index in [0.29, 0.717) is 0 Å². The maximum absolute atomic E-state index is 11.2. The first-order valence-corrected chi connectivity index (χ1v) is 6.02. The van der Waals surface area contributed by atoms with Crippen LogP contribution in [-0.4, -0.2) is 66.3 Å². The third kappa shape index (κ3) is 2.60. The van der Waals surface area contributed by atoms with Gasteiger partial charge in [0.2, 0.25) is 5.91 Å². The first-order valence-electron chi connectivity index (χ1n) is 6.02. The van der Waals surface area contributed by atoms with E-state index in [-0.39, 0.29) is 5.91 Å². The van der Waals surface area contributed by atoms with Crippen LogP contribution in [0.4, 0.5) is 0 Å². The third-order valence-corrected chi connectivity index (χ3v) is 3.43. The highest BCUT2D eigenvalue weighted by atomic mass is 16.2. The monoisotopic (exact) mass is 236 g/mol. The average molecular weight is 236 g/mol. The predicted octanol–water partition coefficient (Wildman–Crippen LogP) is 0.356. The molecule has 0 atom stereocenters. The molecule has 0 aromatic heterocycles. The summed E-state index contributed by atoms with van der Waals surface area (Å²) in [5, 5.41) is 0. The number of piperazine rings is 1. The van der Waals surface area contributed by atoms with Crippen LogP contribution in [0, 0.1) is 0 Å². The minimum absolute atomic E-state index is 0.168. The van der Waals surface area contributed by atoms with Gasteiger partial charge in [-0.2, -0.15) is 0 Å². The number of hydrogen-bond acceptors (Lipinski definition) is 4. The molecule has 5 nitrogen and oxygen atoms in total. The molecule has 0 aromatic rings. The van der Waals surface area contributed by atoms with Crippen LogP contribution >= 0.6 is 0 Å². The van der Waals surface area contributed by atoms with Crippen LogP contribution in [0.2, 0.25) is 0 Å². The SMILES string of the molecule is CC(=O)N1CCN(C2=NCN(C)C(C)=C2)CC1. The first kappa shape index (κ1) is 12.0. The van der Waals surface area contributed by atoms with E-state index in [1.54, 1.807) is 6.92 Å². The lowest BCUT2D eigenvalue weighted by Crippen LogP contribution is -2.50. The molecule has 1 saturated heterocycles. The summed E-state index contributed by atoms with van der Waals surface area (Å²) in [6, 6.07) is 0.